The van der Waals surface area contributed by atoms with Crippen molar-refractivity contribution in [2.75, 3.05) is 7.11 Å². The van der Waals surface area contributed by atoms with E-state index in [1.807, 2.05) is 13.8 Å². The lowest BCUT2D eigenvalue weighted by Crippen LogP contribution is -2.09. The number of allylic oxidation sites excluding steroid dienone is 2. The van der Waals surface area contributed by atoms with Crippen LogP contribution in [0.25, 0.3) is 0 Å². The second kappa shape index (κ2) is 6.51. The van der Waals surface area contributed by atoms with Gasteiger partial charge in [0.1, 0.15) is 5.91 Å². The molecule has 1 heterocycles. The Labute approximate surface area is 90.1 Å². The Bertz CT molecular complexity index is 302. The second-order valence-electron chi connectivity index (χ2n) is 2.53. The average molecular weight is 235 g/mol. The third-order valence-corrected chi connectivity index (χ3v) is 2.76. The summed E-state index contributed by atoms with van der Waals surface area (Å²) in [6, 6.07) is 0. The van der Waals surface area contributed by atoms with E-state index in [1.165, 1.54) is 13.2 Å². The molecule has 0 aromatic heterocycles. The average Bonchev–Trinajstić information content (AvgIpc) is 2.19. The van der Waals surface area contributed by atoms with Gasteiger partial charge in [-0.3, -0.25) is 10.1 Å². The zero-order chi connectivity index (χ0) is 12.0. The topological polar surface area (TPSA) is 52.4 Å². The van der Waals surface area contributed by atoms with E-state index in [0.717, 1.165) is 0 Å². The fourth-order valence-corrected chi connectivity index (χ4v) is 2.24. The van der Waals surface area contributed by atoms with Gasteiger partial charge in [0.05, 0.1) is 12.0 Å². The van der Waals surface area contributed by atoms with Gasteiger partial charge in [-0.25, -0.2) is 4.39 Å². The lowest BCUT2D eigenvalue weighted by Gasteiger charge is -2.14. The van der Waals surface area contributed by atoms with Gasteiger partial charge in [-0.1, -0.05) is 13.8 Å². The van der Waals surface area contributed by atoms with Crippen molar-refractivity contribution in [1.29, 1.82) is 0 Å². The zero-order valence-corrected chi connectivity index (χ0v) is 10.2. The molecule has 0 saturated heterocycles. The largest absolute Gasteiger partial charge is 0.490 e. The van der Waals surface area contributed by atoms with Crippen molar-refractivity contribution in [1.82, 2.24) is 0 Å². The van der Waals surface area contributed by atoms with Gasteiger partial charge in [0.15, 0.2) is 5.76 Å². The van der Waals surface area contributed by atoms with Gasteiger partial charge in [-0.05, 0) is 18.6 Å². The first kappa shape index (κ1) is 14.0. The van der Waals surface area contributed by atoms with Crippen molar-refractivity contribution in [2.24, 2.45) is 0 Å². The van der Waals surface area contributed by atoms with Crippen LogP contribution < -0.4 is 0 Å². The summed E-state index contributed by atoms with van der Waals surface area (Å²) in [6.07, 6.45) is 1.34. The lowest BCUT2D eigenvalue weighted by molar-refractivity contribution is -0.414. The fourth-order valence-electron chi connectivity index (χ4n) is 1.11. The van der Waals surface area contributed by atoms with Crippen molar-refractivity contribution in [3.63, 3.8) is 0 Å². The van der Waals surface area contributed by atoms with E-state index >= 15 is 0 Å². The Hall–Kier alpha value is -0.960. The third kappa shape index (κ3) is 3.59. The fraction of sp³-hybridized carbons (Fsp3) is 0.556. The summed E-state index contributed by atoms with van der Waals surface area (Å²) in [5, 5.41) is 10.5. The maximum Gasteiger partial charge on any atom is 0.307 e. The molecule has 86 valence electrons. The molecule has 0 N–H and O–H groups in total. The van der Waals surface area contributed by atoms with Gasteiger partial charge in [0, 0.05) is 8.58 Å². The standard InChI is InChI=1S/C7H9FNO3P.C2H6/c1-4-3-5(8)13-7(9(10)11)6(4)12-2;1-2/h3,5,13H,1-2H3;1-2H3. The van der Waals surface area contributed by atoms with E-state index < -0.39 is 19.4 Å². The third-order valence-electron chi connectivity index (χ3n) is 1.63. The molecule has 0 aromatic rings. The van der Waals surface area contributed by atoms with E-state index in [2.05, 4.69) is 0 Å². The normalized spacial score (nSPS) is 21.7. The van der Waals surface area contributed by atoms with Crippen LogP contribution in [-0.2, 0) is 4.74 Å². The van der Waals surface area contributed by atoms with Crippen LogP contribution in [-0.4, -0.2) is 17.9 Å². The van der Waals surface area contributed by atoms with Crippen molar-refractivity contribution in [3.8, 4) is 0 Å². The summed E-state index contributed by atoms with van der Waals surface area (Å²) in [5.41, 5.74) is 0.329. The zero-order valence-electron chi connectivity index (χ0n) is 9.20. The number of methoxy groups -OCH3 is 1. The Morgan fingerprint density at radius 1 is 1.60 bits per heavy atom. The van der Waals surface area contributed by atoms with Gasteiger partial charge in [0.2, 0.25) is 0 Å². The number of ether oxygens (including phenoxy) is 1. The Morgan fingerprint density at radius 2 is 2.13 bits per heavy atom. The Kier molecular flexibility index (Phi) is 6.09. The van der Waals surface area contributed by atoms with Gasteiger partial charge in [-0.15, -0.1) is 0 Å². The highest BCUT2D eigenvalue weighted by Crippen LogP contribution is 2.40. The van der Waals surface area contributed by atoms with Crippen LogP contribution in [0.3, 0.4) is 0 Å². The first-order chi connectivity index (χ1) is 7.06. The van der Waals surface area contributed by atoms with Crippen LogP contribution in [0.2, 0.25) is 0 Å². The van der Waals surface area contributed by atoms with Gasteiger partial charge in [-0.2, -0.15) is 0 Å². The van der Waals surface area contributed by atoms with Gasteiger partial charge in [0.25, 0.3) is 0 Å². The van der Waals surface area contributed by atoms with E-state index in [9.17, 15) is 14.5 Å². The van der Waals surface area contributed by atoms with Crippen LogP contribution in [0.4, 0.5) is 4.39 Å². The number of hydrogen-bond donors (Lipinski definition) is 0. The predicted molar refractivity (Wildman–Crippen MR) is 59.3 cm³/mol. The molecule has 0 aliphatic carbocycles. The quantitative estimate of drug-likeness (QED) is 0.420. The first-order valence-corrected chi connectivity index (χ1v) is 5.66. The number of halogens is 1. The van der Waals surface area contributed by atoms with Crippen molar-refractivity contribution in [2.45, 2.75) is 26.7 Å². The minimum Gasteiger partial charge on any atom is -0.490 e. The minimum absolute atomic E-state index is 0.157. The number of alkyl halides is 1. The molecule has 0 spiro atoms. The Balaban J connectivity index is 0.000000921. The molecule has 2 atom stereocenters. The maximum absolute atomic E-state index is 12.9. The van der Waals surface area contributed by atoms with E-state index in [0.29, 0.717) is 5.57 Å². The lowest BCUT2D eigenvalue weighted by atomic mass is 10.2. The van der Waals surface area contributed by atoms with Crippen molar-refractivity contribution < 1.29 is 14.1 Å². The molecular weight excluding hydrogens is 220 g/mol. The van der Waals surface area contributed by atoms with E-state index in [1.54, 1.807) is 6.92 Å². The number of hydrogen-bond acceptors (Lipinski definition) is 3. The Morgan fingerprint density at radius 3 is 2.53 bits per heavy atom. The molecule has 1 aliphatic heterocycles. The highest BCUT2D eigenvalue weighted by molar-refractivity contribution is 7.43. The summed E-state index contributed by atoms with van der Waals surface area (Å²) in [4.78, 5) is 9.91. The molecule has 6 heteroatoms. The summed E-state index contributed by atoms with van der Waals surface area (Å²) >= 11 is 0. The van der Waals surface area contributed by atoms with Crippen LogP contribution in [0.5, 0.6) is 0 Å². The number of rotatable bonds is 2. The number of nitro groups is 1. The summed E-state index contributed by atoms with van der Waals surface area (Å²) in [6.45, 7) is 5.60. The molecule has 0 aromatic carbocycles. The maximum atomic E-state index is 12.9. The van der Waals surface area contributed by atoms with Gasteiger partial charge < -0.3 is 4.74 Å². The molecule has 0 fully saturated rings. The van der Waals surface area contributed by atoms with Crippen molar-refractivity contribution in [3.05, 3.63) is 33.0 Å². The molecule has 0 radical (unpaired) electrons. The SMILES string of the molecule is CC.COC1=C([N+](=O)[O-])PC(F)C=C1C. The monoisotopic (exact) mass is 235 g/mol. The smallest absolute Gasteiger partial charge is 0.307 e. The molecule has 2 unspecified atom stereocenters. The number of nitrogens with zero attached hydrogens (tertiary/aromatic N) is 1. The first-order valence-electron chi connectivity index (χ1n) is 4.58. The highest BCUT2D eigenvalue weighted by Gasteiger charge is 2.29. The van der Waals surface area contributed by atoms with Crippen LogP contribution >= 0.6 is 8.58 Å². The van der Waals surface area contributed by atoms with Crippen LogP contribution in [0.1, 0.15) is 20.8 Å². The molecule has 0 amide bonds. The molecule has 1 aliphatic rings. The highest BCUT2D eigenvalue weighted by atomic mass is 31.1. The van der Waals surface area contributed by atoms with Crippen molar-refractivity contribution >= 4 is 8.58 Å². The summed E-state index contributed by atoms with van der Waals surface area (Å²) in [7, 11) is 0.879. The summed E-state index contributed by atoms with van der Waals surface area (Å²) in [5.74, 6) is -1.06. The molecule has 0 bridgehead atoms. The van der Waals surface area contributed by atoms with Crippen LogP contribution in [0.15, 0.2) is 22.8 Å². The predicted octanol–water partition coefficient (Wildman–Crippen LogP) is 3.04. The molecule has 1 rings (SSSR count). The van der Waals surface area contributed by atoms with E-state index in [-0.39, 0.29) is 11.2 Å². The second-order valence-corrected chi connectivity index (χ2v) is 3.85. The van der Waals surface area contributed by atoms with Crippen LogP contribution in [0, 0.1) is 10.1 Å². The summed E-state index contributed by atoms with van der Waals surface area (Å²) < 4.78 is 17.7. The van der Waals surface area contributed by atoms with E-state index in [4.69, 9.17) is 4.74 Å². The minimum atomic E-state index is -1.25. The molecule has 0 saturated carbocycles. The van der Waals surface area contributed by atoms with Gasteiger partial charge >= 0.3 is 5.44 Å². The molecule has 4 nitrogen and oxygen atoms in total. The molecular formula is C9H15FNO3P. The molecule has 15 heavy (non-hydrogen) atoms.